The van der Waals surface area contributed by atoms with Crippen LogP contribution in [-0.2, 0) is 9.53 Å². The molecule has 3 nitrogen and oxygen atoms in total. The van der Waals surface area contributed by atoms with Crippen molar-refractivity contribution in [3.63, 3.8) is 0 Å². The van der Waals surface area contributed by atoms with Crippen molar-refractivity contribution in [2.45, 2.75) is 71.9 Å². The van der Waals surface area contributed by atoms with Crippen LogP contribution < -0.4 is 0 Å². The fourth-order valence-electron chi connectivity index (χ4n) is 2.52. The minimum Gasteiger partial charge on any atom is -0.459 e. The van der Waals surface area contributed by atoms with Crippen LogP contribution in [0, 0.1) is 5.92 Å². The third-order valence-electron chi connectivity index (χ3n) is 3.76. The van der Waals surface area contributed by atoms with Crippen molar-refractivity contribution in [2.75, 3.05) is 13.1 Å². The second kappa shape index (κ2) is 6.55. The molecule has 0 aliphatic carbocycles. The summed E-state index contributed by atoms with van der Waals surface area (Å²) in [6.45, 7) is 12.1. The first-order valence-electron chi connectivity index (χ1n) is 7.30. The van der Waals surface area contributed by atoms with E-state index < -0.39 is 0 Å². The minimum absolute atomic E-state index is 0.0857. The minimum atomic E-state index is -0.386. The Morgan fingerprint density at radius 2 is 2.00 bits per heavy atom. The highest BCUT2D eigenvalue weighted by atomic mass is 16.6. The van der Waals surface area contributed by atoms with Crippen molar-refractivity contribution in [1.82, 2.24) is 4.90 Å². The van der Waals surface area contributed by atoms with E-state index in [1.165, 1.54) is 25.7 Å². The van der Waals surface area contributed by atoms with E-state index in [1.54, 1.807) is 0 Å². The Morgan fingerprint density at radius 3 is 2.56 bits per heavy atom. The van der Waals surface area contributed by atoms with Gasteiger partial charge in [-0.25, -0.2) is 0 Å². The molecule has 0 spiro atoms. The third kappa shape index (κ3) is 4.97. The molecule has 3 heteroatoms. The molecule has 1 rings (SSSR count). The number of esters is 1. The maximum Gasteiger partial charge on any atom is 0.323 e. The van der Waals surface area contributed by atoms with E-state index in [4.69, 9.17) is 4.74 Å². The van der Waals surface area contributed by atoms with Gasteiger partial charge in [-0.1, -0.05) is 13.3 Å². The van der Waals surface area contributed by atoms with Gasteiger partial charge in [-0.2, -0.15) is 0 Å². The number of rotatable bonds is 3. The zero-order valence-corrected chi connectivity index (χ0v) is 12.7. The van der Waals surface area contributed by atoms with Gasteiger partial charge in [0, 0.05) is 0 Å². The van der Waals surface area contributed by atoms with E-state index in [-0.39, 0.29) is 17.6 Å². The van der Waals surface area contributed by atoms with Gasteiger partial charge in [0.15, 0.2) is 0 Å². The molecule has 1 aliphatic heterocycles. The molecule has 1 saturated heterocycles. The molecule has 1 heterocycles. The SMILES string of the molecule is CCC1CCCN(C(C)C(=O)OC(C)(C)C)CC1. The van der Waals surface area contributed by atoms with Crippen LogP contribution in [0.3, 0.4) is 0 Å². The highest BCUT2D eigenvalue weighted by Gasteiger charge is 2.28. The molecule has 0 bridgehead atoms. The second-order valence-electron chi connectivity index (χ2n) is 6.45. The molecule has 1 aliphatic rings. The maximum atomic E-state index is 12.1. The smallest absolute Gasteiger partial charge is 0.323 e. The summed E-state index contributed by atoms with van der Waals surface area (Å²) in [5, 5.41) is 0. The predicted octanol–water partition coefficient (Wildman–Crippen LogP) is 3.23. The normalized spacial score (nSPS) is 24.4. The standard InChI is InChI=1S/C15H29NO2/c1-6-13-8-7-10-16(11-9-13)12(2)14(17)18-15(3,4)5/h12-13H,6-11H2,1-5H3. The Kier molecular flexibility index (Phi) is 5.64. The molecule has 2 atom stereocenters. The van der Waals surface area contributed by atoms with Crippen LogP contribution in [0.15, 0.2) is 0 Å². The number of hydrogen-bond donors (Lipinski definition) is 0. The Labute approximate surface area is 112 Å². The number of likely N-dealkylation sites (tertiary alicyclic amines) is 1. The summed E-state index contributed by atoms with van der Waals surface area (Å²) in [5.74, 6) is 0.748. The Morgan fingerprint density at radius 1 is 1.33 bits per heavy atom. The lowest BCUT2D eigenvalue weighted by atomic mass is 9.98. The first-order valence-corrected chi connectivity index (χ1v) is 7.30. The van der Waals surface area contributed by atoms with E-state index in [1.807, 2.05) is 27.7 Å². The summed E-state index contributed by atoms with van der Waals surface area (Å²) >= 11 is 0. The summed E-state index contributed by atoms with van der Waals surface area (Å²) in [5.41, 5.74) is -0.386. The van der Waals surface area contributed by atoms with Crippen molar-refractivity contribution in [2.24, 2.45) is 5.92 Å². The molecule has 18 heavy (non-hydrogen) atoms. The lowest BCUT2D eigenvalue weighted by molar-refractivity contribution is -0.160. The summed E-state index contributed by atoms with van der Waals surface area (Å²) in [7, 11) is 0. The topological polar surface area (TPSA) is 29.5 Å². The van der Waals surface area contributed by atoms with E-state index >= 15 is 0 Å². The van der Waals surface area contributed by atoms with Crippen molar-refractivity contribution in [1.29, 1.82) is 0 Å². The second-order valence-corrected chi connectivity index (χ2v) is 6.45. The lowest BCUT2D eigenvalue weighted by Gasteiger charge is -2.29. The first kappa shape index (κ1) is 15.5. The lowest BCUT2D eigenvalue weighted by Crippen LogP contribution is -2.43. The zero-order valence-electron chi connectivity index (χ0n) is 12.7. The summed E-state index contributed by atoms with van der Waals surface area (Å²) in [6, 6.07) is -0.111. The molecule has 106 valence electrons. The van der Waals surface area contributed by atoms with E-state index in [0.29, 0.717) is 0 Å². The van der Waals surface area contributed by atoms with Gasteiger partial charge in [-0.15, -0.1) is 0 Å². The van der Waals surface area contributed by atoms with Crippen LogP contribution in [0.2, 0.25) is 0 Å². The van der Waals surface area contributed by atoms with Crippen molar-refractivity contribution in [3.05, 3.63) is 0 Å². The van der Waals surface area contributed by atoms with Gasteiger partial charge < -0.3 is 4.74 Å². The average Bonchev–Trinajstić information content (AvgIpc) is 2.50. The monoisotopic (exact) mass is 255 g/mol. The highest BCUT2D eigenvalue weighted by Crippen LogP contribution is 2.22. The number of carbonyl (C=O) groups is 1. The highest BCUT2D eigenvalue weighted by molar-refractivity contribution is 5.75. The number of carbonyl (C=O) groups excluding carboxylic acids is 1. The largest absolute Gasteiger partial charge is 0.459 e. The van der Waals surface area contributed by atoms with E-state index in [9.17, 15) is 4.79 Å². The molecule has 0 aromatic heterocycles. The van der Waals surface area contributed by atoms with Crippen LogP contribution in [0.25, 0.3) is 0 Å². The van der Waals surface area contributed by atoms with Gasteiger partial charge in [0.25, 0.3) is 0 Å². The molecule has 1 fully saturated rings. The first-order chi connectivity index (χ1) is 8.33. The van der Waals surface area contributed by atoms with Crippen LogP contribution >= 0.6 is 0 Å². The van der Waals surface area contributed by atoms with Crippen LogP contribution in [0.4, 0.5) is 0 Å². The van der Waals surface area contributed by atoms with Crippen LogP contribution in [0.5, 0.6) is 0 Å². The molecular weight excluding hydrogens is 226 g/mol. The molecule has 0 amide bonds. The van der Waals surface area contributed by atoms with Crippen LogP contribution in [0.1, 0.15) is 60.3 Å². The van der Waals surface area contributed by atoms with Crippen molar-refractivity contribution in [3.8, 4) is 0 Å². The molecule has 0 aromatic rings. The van der Waals surface area contributed by atoms with Crippen LogP contribution in [-0.4, -0.2) is 35.6 Å². The predicted molar refractivity (Wildman–Crippen MR) is 74.5 cm³/mol. The summed E-state index contributed by atoms with van der Waals surface area (Å²) in [4.78, 5) is 14.3. The van der Waals surface area contributed by atoms with Crippen molar-refractivity contribution < 1.29 is 9.53 Å². The summed E-state index contributed by atoms with van der Waals surface area (Å²) < 4.78 is 5.47. The molecule has 0 N–H and O–H groups in total. The number of ether oxygens (including phenoxy) is 1. The maximum absolute atomic E-state index is 12.1. The Bertz CT molecular complexity index is 270. The van der Waals surface area contributed by atoms with E-state index in [0.717, 1.165) is 19.0 Å². The van der Waals surface area contributed by atoms with Crippen molar-refractivity contribution >= 4 is 5.97 Å². The number of nitrogens with zero attached hydrogens (tertiary/aromatic N) is 1. The third-order valence-corrected chi connectivity index (χ3v) is 3.76. The average molecular weight is 255 g/mol. The van der Waals surface area contributed by atoms with Gasteiger partial charge in [0.1, 0.15) is 11.6 Å². The van der Waals surface area contributed by atoms with Gasteiger partial charge >= 0.3 is 5.97 Å². The van der Waals surface area contributed by atoms with Gasteiger partial charge in [0.05, 0.1) is 0 Å². The molecule has 0 saturated carbocycles. The molecule has 2 unspecified atom stereocenters. The zero-order chi connectivity index (χ0) is 13.8. The van der Waals surface area contributed by atoms with E-state index in [2.05, 4.69) is 11.8 Å². The fourth-order valence-corrected chi connectivity index (χ4v) is 2.52. The molecule has 0 radical (unpaired) electrons. The molecule has 0 aromatic carbocycles. The Hall–Kier alpha value is -0.570. The Balaban J connectivity index is 2.50. The molecular formula is C15H29NO2. The fraction of sp³-hybridized carbons (Fsp3) is 0.933. The quantitative estimate of drug-likeness (QED) is 0.725. The van der Waals surface area contributed by atoms with Gasteiger partial charge in [-0.05, 0) is 66.0 Å². The van der Waals surface area contributed by atoms with Gasteiger partial charge in [0.2, 0.25) is 0 Å². The number of hydrogen-bond acceptors (Lipinski definition) is 3. The summed E-state index contributed by atoms with van der Waals surface area (Å²) in [6.07, 6.45) is 4.97. The van der Waals surface area contributed by atoms with Gasteiger partial charge in [-0.3, -0.25) is 9.69 Å².